The van der Waals surface area contributed by atoms with Gasteiger partial charge in [0.05, 0.1) is 0 Å². The predicted molar refractivity (Wildman–Crippen MR) is 67.4 cm³/mol. The van der Waals surface area contributed by atoms with Gasteiger partial charge in [0.25, 0.3) is 0 Å². The molecule has 5 nitrogen and oxygen atoms in total. The zero-order valence-corrected chi connectivity index (χ0v) is 10.5. The molecule has 21 heavy (non-hydrogen) atoms. The second kappa shape index (κ2) is 5.31. The van der Waals surface area contributed by atoms with Gasteiger partial charge in [-0.05, 0) is 35.4 Å². The third-order valence-electron chi connectivity index (χ3n) is 2.61. The quantitative estimate of drug-likeness (QED) is 0.892. The van der Waals surface area contributed by atoms with Crippen molar-refractivity contribution in [2.75, 3.05) is 0 Å². The van der Waals surface area contributed by atoms with E-state index in [1.807, 2.05) is 0 Å². The summed E-state index contributed by atoms with van der Waals surface area (Å²) in [5.41, 5.74) is 6.11. The van der Waals surface area contributed by atoms with E-state index in [4.69, 9.17) is 11.1 Å². The maximum atomic E-state index is 12.1. The fourth-order valence-corrected chi connectivity index (χ4v) is 1.70. The highest BCUT2D eigenvalue weighted by molar-refractivity contribution is 5.76. The molecular weight excluding hydrogens is 287 g/mol. The Bertz CT molecular complexity index is 721. The van der Waals surface area contributed by atoms with Crippen molar-refractivity contribution in [2.45, 2.75) is 6.36 Å². The van der Waals surface area contributed by atoms with Crippen LogP contribution >= 0.6 is 0 Å². The molecule has 1 aromatic heterocycles. The number of benzene rings is 1. The van der Waals surface area contributed by atoms with Gasteiger partial charge in [0.15, 0.2) is 0 Å². The van der Waals surface area contributed by atoms with Crippen LogP contribution in [0.5, 0.6) is 5.75 Å². The van der Waals surface area contributed by atoms with Crippen molar-refractivity contribution in [2.24, 2.45) is 5.73 Å². The van der Waals surface area contributed by atoms with Crippen molar-refractivity contribution in [1.29, 1.82) is 5.41 Å². The topological polar surface area (TPSA) is 81.1 Å². The summed E-state index contributed by atoms with van der Waals surface area (Å²) in [6.07, 6.45) is -3.41. The summed E-state index contributed by atoms with van der Waals surface area (Å²) in [5, 5.41) is 7.51. The summed E-state index contributed by atoms with van der Waals surface area (Å²) >= 11 is 0. The lowest BCUT2D eigenvalue weighted by Crippen LogP contribution is -2.30. The van der Waals surface area contributed by atoms with Crippen LogP contribution in [0.4, 0.5) is 18.0 Å². The first-order chi connectivity index (χ1) is 9.76. The second-order valence-electron chi connectivity index (χ2n) is 4.08. The number of ether oxygens (including phenoxy) is 1. The van der Waals surface area contributed by atoms with Gasteiger partial charge in [0.2, 0.25) is 0 Å². The third kappa shape index (κ3) is 3.62. The second-order valence-corrected chi connectivity index (χ2v) is 4.08. The van der Waals surface area contributed by atoms with Crippen molar-refractivity contribution < 1.29 is 22.7 Å². The molecule has 0 saturated heterocycles. The number of pyridine rings is 1. The van der Waals surface area contributed by atoms with Crippen LogP contribution in [0.2, 0.25) is 0 Å². The number of primary amides is 1. The molecular formula is C13H10F3N3O2. The zero-order chi connectivity index (χ0) is 15.6. The normalized spacial score (nSPS) is 11.2. The number of carbonyl (C=O) groups excluding carboxylic acids is 1. The van der Waals surface area contributed by atoms with E-state index in [2.05, 4.69) is 4.74 Å². The summed E-state index contributed by atoms with van der Waals surface area (Å²) in [7, 11) is 0. The molecule has 2 aromatic rings. The van der Waals surface area contributed by atoms with Crippen LogP contribution in [-0.4, -0.2) is 17.0 Å². The Morgan fingerprint density at radius 2 is 1.67 bits per heavy atom. The van der Waals surface area contributed by atoms with Crippen LogP contribution in [0.1, 0.15) is 0 Å². The molecule has 0 saturated carbocycles. The zero-order valence-electron chi connectivity index (χ0n) is 10.5. The van der Waals surface area contributed by atoms with E-state index in [-0.39, 0.29) is 11.2 Å². The minimum absolute atomic E-state index is 0.0942. The first kappa shape index (κ1) is 14.6. The van der Waals surface area contributed by atoms with Crippen LogP contribution < -0.4 is 16.0 Å². The van der Waals surface area contributed by atoms with Crippen molar-refractivity contribution in [1.82, 2.24) is 4.57 Å². The lowest BCUT2D eigenvalue weighted by molar-refractivity contribution is -0.274. The van der Waals surface area contributed by atoms with E-state index in [1.54, 1.807) is 6.07 Å². The smallest absolute Gasteiger partial charge is 0.406 e. The lowest BCUT2D eigenvalue weighted by atomic mass is 10.1. The number of carbonyl (C=O) groups is 1. The summed E-state index contributed by atoms with van der Waals surface area (Å²) in [4.78, 5) is 11.1. The summed E-state index contributed by atoms with van der Waals surface area (Å²) in [6, 6.07) is 7.23. The van der Waals surface area contributed by atoms with Crippen LogP contribution in [0.15, 0.2) is 42.6 Å². The highest BCUT2D eigenvalue weighted by atomic mass is 19.4. The SMILES string of the molecule is N=c1ccc(-c2ccc(OC(F)(F)F)cc2)cn1C(N)=O. The molecule has 0 aliphatic heterocycles. The maximum Gasteiger partial charge on any atom is 0.573 e. The number of hydrogen-bond donors (Lipinski definition) is 2. The van der Waals surface area contributed by atoms with Gasteiger partial charge < -0.3 is 10.5 Å². The number of alkyl halides is 3. The molecule has 0 spiro atoms. The molecule has 0 unspecified atom stereocenters. The molecule has 1 amide bonds. The number of nitrogens with one attached hydrogen (secondary N) is 1. The number of halogens is 3. The first-order valence-corrected chi connectivity index (χ1v) is 5.69. The molecule has 0 fully saturated rings. The molecule has 0 aliphatic carbocycles. The molecule has 1 aromatic carbocycles. The fraction of sp³-hybridized carbons (Fsp3) is 0.0769. The molecule has 0 radical (unpaired) electrons. The number of nitrogens with two attached hydrogens (primary N) is 1. The summed E-state index contributed by atoms with van der Waals surface area (Å²) < 4.78 is 40.9. The molecule has 0 bridgehead atoms. The van der Waals surface area contributed by atoms with Crippen LogP contribution in [0, 0.1) is 5.41 Å². The number of aromatic nitrogens is 1. The summed E-state index contributed by atoms with van der Waals surface area (Å²) in [5.74, 6) is -0.342. The van der Waals surface area contributed by atoms with Gasteiger partial charge in [-0.15, -0.1) is 13.2 Å². The first-order valence-electron chi connectivity index (χ1n) is 5.69. The molecule has 2 rings (SSSR count). The Kier molecular flexibility index (Phi) is 3.70. The predicted octanol–water partition coefficient (Wildman–Crippen LogP) is 2.46. The van der Waals surface area contributed by atoms with E-state index in [0.29, 0.717) is 11.1 Å². The molecule has 110 valence electrons. The van der Waals surface area contributed by atoms with Gasteiger partial charge in [-0.1, -0.05) is 12.1 Å². The third-order valence-corrected chi connectivity index (χ3v) is 2.61. The lowest BCUT2D eigenvalue weighted by Gasteiger charge is -2.10. The van der Waals surface area contributed by atoms with Crippen LogP contribution in [0.25, 0.3) is 11.1 Å². The highest BCUT2D eigenvalue weighted by Gasteiger charge is 2.30. The Hall–Kier alpha value is -2.77. The van der Waals surface area contributed by atoms with Gasteiger partial charge in [-0.25, -0.2) is 4.79 Å². The molecule has 0 atom stereocenters. The Labute approximate surface area is 116 Å². The molecule has 1 heterocycles. The Morgan fingerprint density at radius 3 is 2.19 bits per heavy atom. The molecule has 8 heteroatoms. The fourth-order valence-electron chi connectivity index (χ4n) is 1.70. The highest BCUT2D eigenvalue weighted by Crippen LogP contribution is 2.26. The van der Waals surface area contributed by atoms with Crippen molar-refractivity contribution in [3.63, 3.8) is 0 Å². The van der Waals surface area contributed by atoms with E-state index in [9.17, 15) is 18.0 Å². The van der Waals surface area contributed by atoms with Gasteiger partial charge in [0, 0.05) is 6.20 Å². The van der Waals surface area contributed by atoms with Crippen LogP contribution in [-0.2, 0) is 0 Å². The van der Waals surface area contributed by atoms with Gasteiger partial charge in [0.1, 0.15) is 11.2 Å². The molecule has 0 aliphatic rings. The van der Waals surface area contributed by atoms with Crippen molar-refractivity contribution >= 4 is 6.03 Å². The van der Waals surface area contributed by atoms with Gasteiger partial charge >= 0.3 is 12.4 Å². The van der Waals surface area contributed by atoms with Gasteiger partial charge in [-0.3, -0.25) is 9.98 Å². The Morgan fingerprint density at radius 1 is 1.10 bits per heavy atom. The standard InChI is InChI=1S/C13H10F3N3O2/c14-13(15,16)21-10-4-1-8(2-5-10)9-3-6-11(17)19(7-9)12(18)20/h1-7,17H,(H2,18,20). The average Bonchev–Trinajstić information content (AvgIpc) is 2.38. The van der Waals surface area contributed by atoms with Crippen molar-refractivity contribution in [3.05, 3.63) is 48.1 Å². The number of rotatable bonds is 2. The van der Waals surface area contributed by atoms with E-state index >= 15 is 0 Å². The Balaban J connectivity index is 2.33. The number of amides is 1. The molecule has 3 N–H and O–H groups in total. The van der Waals surface area contributed by atoms with Crippen LogP contribution in [0.3, 0.4) is 0 Å². The minimum Gasteiger partial charge on any atom is -0.406 e. The summed E-state index contributed by atoms with van der Waals surface area (Å²) in [6.45, 7) is 0. The van der Waals surface area contributed by atoms with E-state index in [0.717, 1.165) is 16.7 Å². The van der Waals surface area contributed by atoms with Crippen molar-refractivity contribution in [3.8, 4) is 16.9 Å². The van der Waals surface area contributed by atoms with E-state index < -0.39 is 12.4 Å². The van der Waals surface area contributed by atoms with E-state index in [1.165, 1.54) is 24.4 Å². The minimum atomic E-state index is -4.75. The number of nitrogens with zero attached hydrogens (tertiary/aromatic N) is 1. The van der Waals surface area contributed by atoms with Gasteiger partial charge in [-0.2, -0.15) is 0 Å². The monoisotopic (exact) mass is 297 g/mol. The maximum absolute atomic E-state index is 12.1. The average molecular weight is 297 g/mol. The number of hydrogen-bond acceptors (Lipinski definition) is 3. The largest absolute Gasteiger partial charge is 0.573 e.